The summed E-state index contributed by atoms with van der Waals surface area (Å²) >= 11 is 8.41. The quantitative estimate of drug-likeness (QED) is 0.0991. The Kier molecular flexibility index (Phi) is 11.1. The van der Waals surface area contributed by atoms with E-state index in [0.29, 0.717) is 39.9 Å². The molecular formula is C28H29Br2N3O4S. The van der Waals surface area contributed by atoms with Crippen LogP contribution >= 0.6 is 43.6 Å². The maximum absolute atomic E-state index is 12.8. The number of carbonyl (C=O) groups excluding carboxylic acids is 2. The van der Waals surface area contributed by atoms with Crippen LogP contribution in [-0.2, 0) is 9.53 Å². The van der Waals surface area contributed by atoms with Gasteiger partial charge in [0.25, 0.3) is 0 Å². The average molecular weight is 663 g/mol. The van der Waals surface area contributed by atoms with Gasteiger partial charge in [0.1, 0.15) is 11.9 Å². The van der Waals surface area contributed by atoms with Gasteiger partial charge in [-0.25, -0.2) is 4.79 Å². The first-order valence-corrected chi connectivity index (χ1v) is 14.6. The van der Waals surface area contributed by atoms with Crippen molar-refractivity contribution in [2.24, 2.45) is 5.92 Å². The van der Waals surface area contributed by atoms with Crippen molar-refractivity contribution < 1.29 is 19.4 Å². The third kappa shape index (κ3) is 8.54. The van der Waals surface area contributed by atoms with Crippen molar-refractivity contribution in [3.63, 3.8) is 0 Å². The molecule has 0 aliphatic heterocycles. The number of anilines is 3. The van der Waals surface area contributed by atoms with E-state index in [-0.39, 0.29) is 17.6 Å². The summed E-state index contributed by atoms with van der Waals surface area (Å²) < 4.78 is 7.05. The molecule has 0 radical (unpaired) electrons. The number of thioether (sulfide) groups is 1. The van der Waals surface area contributed by atoms with E-state index in [1.54, 1.807) is 66.4 Å². The van der Waals surface area contributed by atoms with Crippen LogP contribution in [-0.4, -0.2) is 23.4 Å². The van der Waals surface area contributed by atoms with Crippen molar-refractivity contribution in [1.29, 1.82) is 0 Å². The van der Waals surface area contributed by atoms with Gasteiger partial charge in [0.15, 0.2) is 0 Å². The fraction of sp³-hybridized carbons (Fsp3) is 0.214. The summed E-state index contributed by atoms with van der Waals surface area (Å²) in [5.41, 5.74) is 7.98. The number of carbonyl (C=O) groups is 2. The fourth-order valence-electron chi connectivity index (χ4n) is 3.71. The number of nitrogens with two attached hydrogens (primary N) is 1. The molecule has 0 unspecified atom stereocenters. The van der Waals surface area contributed by atoms with Gasteiger partial charge in [-0.1, -0.05) is 41.1 Å². The normalized spacial score (nSPS) is 12.6. The molecule has 3 rings (SSSR count). The van der Waals surface area contributed by atoms with E-state index in [2.05, 4.69) is 42.5 Å². The van der Waals surface area contributed by atoms with Crippen LogP contribution in [0.25, 0.3) is 0 Å². The second-order valence-corrected chi connectivity index (χ2v) is 11.2. The smallest absolute Gasteiger partial charge is 0.412 e. The molecule has 0 spiro atoms. The molecular weight excluding hydrogens is 634 g/mol. The van der Waals surface area contributed by atoms with Crippen molar-refractivity contribution >= 4 is 72.7 Å². The van der Waals surface area contributed by atoms with Crippen LogP contribution in [0.1, 0.15) is 31.4 Å². The third-order valence-electron chi connectivity index (χ3n) is 5.73. The molecule has 0 aliphatic carbocycles. The van der Waals surface area contributed by atoms with Crippen LogP contribution in [0.2, 0.25) is 0 Å². The number of rotatable bonds is 10. The highest BCUT2D eigenvalue weighted by atomic mass is 79.9. The second-order valence-electron chi connectivity index (χ2n) is 8.54. The zero-order valence-corrected chi connectivity index (χ0v) is 24.9. The van der Waals surface area contributed by atoms with Gasteiger partial charge in [-0.05, 0) is 95.6 Å². The van der Waals surface area contributed by atoms with Crippen molar-refractivity contribution in [2.75, 3.05) is 22.6 Å². The number of phenols is 1. The van der Waals surface area contributed by atoms with E-state index in [1.165, 1.54) is 6.08 Å². The highest BCUT2D eigenvalue weighted by Crippen LogP contribution is 2.41. The number of halogens is 2. The lowest BCUT2D eigenvalue weighted by atomic mass is 9.92. The van der Waals surface area contributed by atoms with Crippen LogP contribution in [0.5, 0.6) is 5.75 Å². The first-order chi connectivity index (χ1) is 18.2. The minimum Gasteiger partial charge on any atom is -0.506 e. The van der Waals surface area contributed by atoms with E-state index in [4.69, 9.17) is 10.5 Å². The monoisotopic (exact) mass is 661 g/mol. The summed E-state index contributed by atoms with van der Waals surface area (Å²) in [6.07, 6.45) is 4.93. The number of nitrogen functional groups attached to an aromatic ring is 1. The molecule has 0 saturated carbocycles. The highest BCUT2D eigenvalue weighted by Gasteiger charge is 2.27. The zero-order chi connectivity index (χ0) is 27.7. The lowest BCUT2D eigenvalue weighted by Gasteiger charge is -2.26. The Hall–Kier alpha value is -2.95. The molecule has 0 heterocycles. The predicted octanol–water partition coefficient (Wildman–Crippen LogP) is 8.12. The van der Waals surface area contributed by atoms with E-state index >= 15 is 0 Å². The second kappa shape index (κ2) is 14.3. The Labute approximate surface area is 243 Å². The highest BCUT2D eigenvalue weighted by molar-refractivity contribution is 9.11. The minimum atomic E-state index is -0.749. The molecule has 10 heteroatoms. The zero-order valence-electron chi connectivity index (χ0n) is 20.9. The number of phenolic OH excluding ortho intramolecular Hbond substituents is 1. The number of benzene rings is 3. The Bertz CT molecular complexity index is 1300. The number of hydrogen-bond acceptors (Lipinski definition) is 6. The first kappa shape index (κ1) is 29.6. The van der Waals surface area contributed by atoms with Gasteiger partial charge in [-0.15, -0.1) is 11.8 Å². The predicted molar refractivity (Wildman–Crippen MR) is 162 cm³/mol. The Morgan fingerprint density at radius 2 is 1.82 bits per heavy atom. The number of amides is 2. The molecule has 0 fully saturated rings. The molecule has 0 aliphatic rings. The molecule has 0 aromatic heterocycles. The lowest BCUT2D eigenvalue weighted by Crippen LogP contribution is -2.22. The summed E-state index contributed by atoms with van der Waals surface area (Å²) in [4.78, 5) is 26.2. The molecule has 38 heavy (non-hydrogen) atoms. The van der Waals surface area contributed by atoms with Crippen molar-refractivity contribution in [3.05, 3.63) is 87.3 Å². The number of ether oxygens (including phenoxy) is 1. The van der Waals surface area contributed by atoms with Crippen LogP contribution in [0, 0.1) is 5.92 Å². The van der Waals surface area contributed by atoms with Crippen LogP contribution < -0.4 is 16.4 Å². The van der Waals surface area contributed by atoms with Crippen molar-refractivity contribution in [3.8, 4) is 5.75 Å². The molecule has 200 valence electrons. The molecule has 7 nitrogen and oxygen atoms in total. The number of hydrogen-bond donors (Lipinski definition) is 4. The molecule has 3 aromatic carbocycles. The van der Waals surface area contributed by atoms with Gasteiger partial charge < -0.3 is 20.9 Å². The van der Waals surface area contributed by atoms with Gasteiger partial charge in [-0.2, -0.15) is 0 Å². The van der Waals surface area contributed by atoms with E-state index in [0.717, 1.165) is 9.37 Å². The minimum absolute atomic E-state index is 0.00227. The van der Waals surface area contributed by atoms with Gasteiger partial charge in [0.05, 0.1) is 15.8 Å². The molecule has 3 aromatic rings. The maximum Gasteiger partial charge on any atom is 0.412 e. The van der Waals surface area contributed by atoms with Crippen LogP contribution in [0.3, 0.4) is 0 Å². The van der Waals surface area contributed by atoms with Gasteiger partial charge >= 0.3 is 6.09 Å². The summed E-state index contributed by atoms with van der Waals surface area (Å²) in [5.74, 6) is -0.481. The summed E-state index contributed by atoms with van der Waals surface area (Å²) in [7, 11) is 0. The standard InChI is InChI=1S/C28H29Br2N3O4S/c1-17(7-3-6-10-25(34)33-24-9-5-4-8-23(24)31)27(21-15-18(29)16-22(30)26(21)35)37-28(36)32-19-11-13-20(38-2)14-12-19/h4-6,8-17,27,35H,3,7,31H2,1-2H3,(H,32,36)(H,33,34)/b10-6+/t17-,27+/m1/s1. The average Bonchev–Trinajstić information content (AvgIpc) is 2.89. The van der Waals surface area contributed by atoms with Gasteiger partial charge in [-0.3, -0.25) is 10.1 Å². The Morgan fingerprint density at radius 3 is 2.50 bits per heavy atom. The fourth-order valence-corrected chi connectivity index (χ4v) is 5.38. The van der Waals surface area contributed by atoms with Gasteiger partial charge in [0, 0.05) is 20.6 Å². The molecule has 5 N–H and O–H groups in total. The molecule has 0 saturated heterocycles. The Balaban J connectivity index is 1.69. The molecule has 0 bridgehead atoms. The Morgan fingerprint density at radius 1 is 1.11 bits per heavy atom. The molecule has 2 atom stereocenters. The number of para-hydroxylation sites is 2. The SMILES string of the molecule is CSc1ccc(NC(=O)O[C@H](c2cc(Br)cc(Br)c2O)[C@H](C)CC/C=C/C(=O)Nc2ccccc2N)cc1. The third-order valence-corrected chi connectivity index (χ3v) is 7.53. The summed E-state index contributed by atoms with van der Waals surface area (Å²) in [5, 5.41) is 16.3. The van der Waals surface area contributed by atoms with E-state index in [9.17, 15) is 14.7 Å². The number of nitrogens with one attached hydrogen (secondary N) is 2. The van der Waals surface area contributed by atoms with E-state index < -0.39 is 12.2 Å². The lowest BCUT2D eigenvalue weighted by molar-refractivity contribution is -0.111. The summed E-state index contributed by atoms with van der Waals surface area (Å²) in [6, 6.07) is 17.9. The van der Waals surface area contributed by atoms with Crippen molar-refractivity contribution in [1.82, 2.24) is 0 Å². The molecule has 2 amide bonds. The largest absolute Gasteiger partial charge is 0.506 e. The summed E-state index contributed by atoms with van der Waals surface area (Å²) in [6.45, 7) is 1.93. The van der Waals surface area contributed by atoms with Crippen LogP contribution in [0.4, 0.5) is 21.9 Å². The topological polar surface area (TPSA) is 114 Å². The maximum atomic E-state index is 12.8. The van der Waals surface area contributed by atoms with Crippen molar-refractivity contribution in [2.45, 2.75) is 30.8 Å². The number of aromatic hydroxyl groups is 1. The number of allylic oxidation sites excluding steroid dienone is 1. The van der Waals surface area contributed by atoms with E-state index in [1.807, 2.05) is 25.3 Å². The van der Waals surface area contributed by atoms with Crippen LogP contribution in [0.15, 0.2) is 86.7 Å². The van der Waals surface area contributed by atoms with Gasteiger partial charge in [0.2, 0.25) is 5.91 Å². The first-order valence-electron chi connectivity index (χ1n) is 11.8.